The van der Waals surface area contributed by atoms with Crippen LogP contribution in [0.25, 0.3) is 0 Å². The topological polar surface area (TPSA) is 57.5 Å². The van der Waals surface area contributed by atoms with Gasteiger partial charge >= 0.3 is 0 Å². The number of piperidine rings is 1. The number of aromatic nitrogens is 2. The molecule has 1 aliphatic heterocycles. The normalized spacial score (nSPS) is 24.9. The van der Waals surface area contributed by atoms with E-state index < -0.39 is 0 Å². The molecule has 0 spiro atoms. The van der Waals surface area contributed by atoms with Gasteiger partial charge in [0.2, 0.25) is 0 Å². The van der Waals surface area contributed by atoms with E-state index in [2.05, 4.69) is 31.8 Å². The number of rotatable bonds is 5. The summed E-state index contributed by atoms with van der Waals surface area (Å²) < 4.78 is 15.9. The fraction of sp³-hybridized carbons (Fsp3) is 0.524. The molecule has 2 heterocycles. The zero-order chi connectivity index (χ0) is 19.5. The third kappa shape index (κ3) is 4.29. The molecule has 2 fully saturated rings. The van der Waals surface area contributed by atoms with Crippen molar-refractivity contribution in [2.24, 2.45) is 12.0 Å². The third-order valence-corrected chi connectivity index (χ3v) is 5.55. The number of aliphatic imine (C=N–C) groups is 1. The van der Waals surface area contributed by atoms with Gasteiger partial charge in [-0.25, -0.2) is 4.39 Å². The van der Waals surface area contributed by atoms with Gasteiger partial charge < -0.3 is 15.5 Å². The number of halogens is 1. The van der Waals surface area contributed by atoms with E-state index in [1.54, 1.807) is 12.1 Å². The molecular weight excluding hydrogens is 355 g/mol. The van der Waals surface area contributed by atoms with Crippen LogP contribution in [0.5, 0.6) is 0 Å². The summed E-state index contributed by atoms with van der Waals surface area (Å²) >= 11 is 0. The van der Waals surface area contributed by atoms with Crippen molar-refractivity contribution < 1.29 is 4.39 Å². The Morgan fingerprint density at radius 1 is 1.32 bits per heavy atom. The minimum atomic E-state index is -0.113. The van der Waals surface area contributed by atoms with Gasteiger partial charge in [-0.05, 0) is 37.8 Å². The highest BCUT2D eigenvalue weighted by Gasteiger charge is 2.40. The van der Waals surface area contributed by atoms with Crippen LogP contribution in [0.1, 0.15) is 37.7 Å². The van der Waals surface area contributed by atoms with Gasteiger partial charge in [0, 0.05) is 50.9 Å². The highest BCUT2D eigenvalue weighted by molar-refractivity contribution is 5.81. The summed E-state index contributed by atoms with van der Waals surface area (Å²) in [5, 5.41) is 11.4. The van der Waals surface area contributed by atoms with Gasteiger partial charge in [0.1, 0.15) is 5.82 Å². The maximum atomic E-state index is 14.0. The van der Waals surface area contributed by atoms with Gasteiger partial charge in [0.05, 0.1) is 11.9 Å². The summed E-state index contributed by atoms with van der Waals surface area (Å²) in [5.74, 6) is 0.950. The predicted molar refractivity (Wildman–Crippen MR) is 110 cm³/mol. The van der Waals surface area contributed by atoms with Crippen LogP contribution in [-0.2, 0) is 7.05 Å². The standard InChI is InChI=1S/C21H29FN6/c1-3-23-21(26-20-11-18(20)17-8-4-5-9-19(17)22)25-15-7-6-10-28(13-15)16-12-24-27(2)14-16/h4-5,8-9,12,14-15,18,20H,3,6-7,10-11,13H2,1-2H3,(H2,23,25,26). The van der Waals surface area contributed by atoms with Crippen molar-refractivity contribution in [1.82, 2.24) is 20.4 Å². The molecule has 1 saturated carbocycles. The number of aryl methyl sites for hydroxylation is 1. The fourth-order valence-corrected chi connectivity index (χ4v) is 4.04. The molecule has 1 aromatic carbocycles. The number of benzene rings is 1. The second-order valence-electron chi connectivity index (χ2n) is 7.74. The van der Waals surface area contributed by atoms with E-state index in [0.717, 1.165) is 49.6 Å². The lowest BCUT2D eigenvalue weighted by atomic mass is 10.1. The first kappa shape index (κ1) is 18.8. The number of anilines is 1. The molecular formula is C21H29FN6. The number of nitrogens with one attached hydrogen (secondary N) is 2. The van der Waals surface area contributed by atoms with Gasteiger partial charge in [-0.1, -0.05) is 18.2 Å². The van der Waals surface area contributed by atoms with Gasteiger partial charge in [-0.3, -0.25) is 9.67 Å². The molecule has 6 nitrogen and oxygen atoms in total. The monoisotopic (exact) mass is 384 g/mol. The van der Waals surface area contributed by atoms with Gasteiger partial charge in [0.15, 0.2) is 5.96 Å². The van der Waals surface area contributed by atoms with Crippen LogP contribution in [-0.4, -0.2) is 47.5 Å². The second-order valence-corrected chi connectivity index (χ2v) is 7.74. The highest BCUT2D eigenvalue weighted by atomic mass is 19.1. The van der Waals surface area contributed by atoms with Crippen LogP contribution >= 0.6 is 0 Å². The molecule has 4 rings (SSSR count). The molecule has 7 heteroatoms. The molecule has 2 N–H and O–H groups in total. The van der Waals surface area contributed by atoms with Crippen LogP contribution in [0.3, 0.4) is 0 Å². The molecule has 150 valence electrons. The fourth-order valence-electron chi connectivity index (χ4n) is 4.04. The summed E-state index contributed by atoms with van der Waals surface area (Å²) in [7, 11) is 1.95. The van der Waals surface area contributed by atoms with Crippen LogP contribution in [0.2, 0.25) is 0 Å². The zero-order valence-corrected chi connectivity index (χ0v) is 16.6. The van der Waals surface area contributed by atoms with E-state index in [4.69, 9.17) is 0 Å². The summed E-state index contributed by atoms with van der Waals surface area (Å²) in [4.78, 5) is 6.99. The van der Waals surface area contributed by atoms with E-state index in [1.165, 1.54) is 0 Å². The van der Waals surface area contributed by atoms with Crippen LogP contribution < -0.4 is 15.5 Å². The Balaban J connectivity index is 1.35. The van der Waals surface area contributed by atoms with Crippen LogP contribution in [0.4, 0.5) is 10.1 Å². The predicted octanol–water partition coefficient (Wildman–Crippen LogP) is 2.64. The number of hydrogen-bond donors (Lipinski definition) is 2. The van der Waals surface area contributed by atoms with Crippen LogP contribution in [0, 0.1) is 5.82 Å². The minimum Gasteiger partial charge on any atom is -0.367 e. The molecule has 0 radical (unpaired) electrons. The molecule has 2 aromatic rings. The molecule has 3 atom stereocenters. The summed E-state index contributed by atoms with van der Waals surface area (Å²) in [5.41, 5.74) is 1.97. The van der Waals surface area contributed by atoms with E-state index in [-0.39, 0.29) is 17.8 Å². The molecule has 1 aliphatic carbocycles. The lowest BCUT2D eigenvalue weighted by Gasteiger charge is -2.34. The first-order chi connectivity index (χ1) is 13.6. The van der Waals surface area contributed by atoms with E-state index in [9.17, 15) is 4.39 Å². The average Bonchev–Trinajstić information content (AvgIpc) is 3.30. The Kier molecular flexibility index (Phi) is 5.50. The van der Waals surface area contributed by atoms with E-state index in [1.807, 2.05) is 37.0 Å². The van der Waals surface area contributed by atoms with E-state index in [0.29, 0.717) is 12.6 Å². The lowest BCUT2D eigenvalue weighted by Crippen LogP contribution is -2.51. The molecule has 28 heavy (non-hydrogen) atoms. The number of guanidine groups is 1. The summed E-state index contributed by atoms with van der Waals surface area (Å²) in [6.45, 7) is 4.73. The Bertz CT molecular complexity index is 832. The number of nitrogens with zero attached hydrogens (tertiary/aromatic N) is 4. The molecule has 1 aromatic heterocycles. The molecule has 0 amide bonds. The second kappa shape index (κ2) is 8.20. The summed E-state index contributed by atoms with van der Waals surface area (Å²) in [6, 6.07) is 7.65. The minimum absolute atomic E-state index is 0.113. The Morgan fingerprint density at radius 3 is 2.93 bits per heavy atom. The zero-order valence-electron chi connectivity index (χ0n) is 16.6. The van der Waals surface area contributed by atoms with Crippen molar-refractivity contribution in [3.8, 4) is 0 Å². The molecule has 3 unspecified atom stereocenters. The Morgan fingerprint density at radius 2 is 2.18 bits per heavy atom. The summed E-state index contributed by atoms with van der Waals surface area (Å²) in [6.07, 6.45) is 7.17. The van der Waals surface area contributed by atoms with Crippen molar-refractivity contribution in [2.75, 3.05) is 24.5 Å². The van der Waals surface area contributed by atoms with Gasteiger partial charge in [0.25, 0.3) is 0 Å². The van der Waals surface area contributed by atoms with Crippen molar-refractivity contribution in [2.45, 2.75) is 44.2 Å². The Hall–Kier alpha value is -2.57. The number of hydrogen-bond acceptors (Lipinski definition) is 3. The van der Waals surface area contributed by atoms with Crippen molar-refractivity contribution in [1.29, 1.82) is 0 Å². The van der Waals surface area contributed by atoms with Crippen LogP contribution in [0.15, 0.2) is 41.7 Å². The Labute approximate surface area is 165 Å². The van der Waals surface area contributed by atoms with Crippen molar-refractivity contribution in [3.63, 3.8) is 0 Å². The maximum Gasteiger partial charge on any atom is 0.191 e. The maximum absolute atomic E-state index is 14.0. The lowest BCUT2D eigenvalue weighted by molar-refractivity contribution is 0.467. The average molecular weight is 385 g/mol. The molecule has 0 bridgehead atoms. The van der Waals surface area contributed by atoms with Gasteiger partial charge in [-0.2, -0.15) is 5.10 Å². The SMILES string of the molecule is CCN=C(NC1CCCN(c2cnn(C)c2)C1)NC1CC1c1ccccc1F. The van der Waals surface area contributed by atoms with Crippen molar-refractivity contribution >= 4 is 11.6 Å². The van der Waals surface area contributed by atoms with Crippen molar-refractivity contribution in [3.05, 3.63) is 48.0 Å². The third-order valence-electron chi connectivity index (χ3n) is 5.55. The quantitative estimate of drug-likeness (QED) is 0.615. The largest absolute Gasteiger partial charge is 0.367 e. The highest BCUT2D eigenvalue weighted by Crippen LogP contribution is 2.41. The smallest absolute Gasteiger partial charge is 0.191 e. The van der Waals surface area contributed by atoms with Gasteiger partial charge in [-0.15, -0.1) is 0 Å². The first-order valence-electron chi connectivity index (χ1n) is 10.2. The molecule has 2 aliphatic rings. The molecule has 1 saturated heterocycles. The van der Waals surface area contributed by atoms with E-state index >= 15 is 0 Å². The first-order valence-corrected chi connectivity index (χ1v) is 10.2.